The zero-order valence-electron chi connectivity index (χ0n) is 13.4. The molecule has 2 aliphatic rings. The van der Waals surface area contributed by atoms with E-state index in [1.807, 2.05) is 16.9 Å². The number of nitrogens with zero attached hydrogens (tertiary/aromatic N) is 4. The van der Waals surface area contributed by atoms with Gasteiger partial charge in [0.05, 0.1) is 6.04 Å². The van der Waals surface area contributed by atoms with Gasteiger partial charge in [0, 0.05) is 25.5 Å². The van der Waals surface area contributed by atoms with Crippen molar-refractivity contribution in [2.24, 2.45) is 0 Å². The topological polar surface area (TPSA) is 87.5 Å². The standard InChI is InChI=1S/C15H21N5O3/c1-15(2)13(22)19(14(23)17-15)10-12(21)18-7-3-5-11(9-18)20-8-4-6-16-20/h4,6,8,11H,3,5,7,9-10H2,1-2H3,(H,17,23). The Bertz CT molecular complexity index is 625. The molecule has 4 amide bonds. The molecular weight excluding hydrogens is 298 g/mol. The quantitative estimate of drug-likeness (QED) is 0.816. The van der Waals surface area contributed by atoms with E-state index in [-0.39, 0.29) is 24.4 Å². The largest absolute Gasteiger partial charge is 0.339 e. The van der Waals surface area contributed by atoms with Crippen LogP contribution in [0.5, 0.6) is 0 Å². The molecule has 0 bridgehead atoms. The second-order valence-corrected chi connectivity index (χ2v) is 6.57. The van der Waals surface area contributed by atoms with Gasteiger partial charge in [-0.1, -0.05) is 0 Å². The van der Waals surface area contributed by atoms with E-state index in [2.05, 4.69) is 10.4 Å². The molecule has 8 nitrogen and oxygen atoms in total. The number of amides is 4. The Morgan fingerprint density at radius 3 is 2.83 bits per heavy atom. The number of piperidine rings is 1. The van der Waals surface area contributed by atoms with Crippen molar-refractivity contribution in [2.45, 2.75) is 38.3 Å². The molecule has 2 aliphatic heterocycles. The van der Waals surface area contributed by atoms with Gasteiger partial charge in [0.2, 0.25) is 5.91 Å². The van der Waals surface area contributed by atoms with E-state index in [0.29, 0.717) is 13.1 Å². The average molecular weight is 319 g/mol. The number of imide groups is 1. The molecule has 2 fully saturated rings. The van der Waals surface area contributed by atoms with E-state index in [1.54, 1.807) is 24.9 Å². The first kappa shape index (κ1) is 15.5. The lowest BCUT2D eigenvalue weighted by Gasteiger charge is -2.33. The summed E-state index contributed by atoms with van der Waals surface area (Å²) < 4.78 is 1.86. The Morgan fingerprint density at radius 1 is 1.43 bits per heavy atom. The van der Waals surface area contributed by atoms with Crippen molar-refractivity contribution in [3.8, 4) is 0 Å². The number of hydrogen-bond donors (Lipinski definition) is 1. The Labute approximate surface area is 134 Å². The second kappa shape index (κ2) is 5.68. The summed E-state index contributed by atoms with van der Waals surface area (Å²) in [7, 11) is 0. The minimum atomic E-state index is -0.948. The number of hydrogen-bond acceptors (Lipinski definition) is 4. The van der Waals surface area contributed by atoms with Crippen LogP contribution < -0.4 is 5.32 Å². The number of carbonyl (C=O) groups is 3. The van der Waals surface area contributed by atoms with Crippen molar-refractivity contribution < 1.29 is 14.4 Å². The monoisotopic (exact) mass is 319 g/mol. The van der Waals surface area contributed by atoms with E-state index < -0.39 is 11.6 Å². The normalized spacial score (nSPS) is 24.0. The first-order chi connectivity index (χ1) is 10.9. The van der Waals surface area contributed by atoms with Gasteiger partial charge in [-0.2, -0.15) is 5.10 Å². The lowest BCUT2D eigenvalue weighted by Crippen LogP contribution is -2.47. The molecule has 2 saturated heterocycles. The van der Waals surface area contributed by atoms with Gasteiger partial charge in [0.15, 0.2) is 0 Å². The molecule has 1 aromatic heterocycles. The Kier molecular flexibility index (Phi) is 3.83. The number of likely N-dealkylation sites (tertiary alicyclic amines) is 1. The summed E-state index contributed by atoms with van der Waals surface area (Å²) in [4.78, 5) is 39.2. The fraction of sp³-hybridized carbons (Fsp3) is 0.600. The van der Waals surface area contributed by atoms with Crippen molar-refractivity contribution in [1.82, 2.24) is 24.9 Å². The fourth-order valence-electron chi connectivity index (χ4n) is 3.09. The van der Waals surface area contributed by atoms with Gasteiger partial charge in [-0.3, -0.25) is 19.2 Å². The highest BCUT2D eigenvalue weighted by atomic mass is 16.2. The smallest absolute Gasteiger partial charge is 0.325 e. The molecular formula is C15H21N5O3. The molecule has 1 aromatic rings. The van der Waals surface area contributed by atoms with Crippen molar-refractivity contribution >= 4 is 17.8 Å². The molecule has 0 saturated carbocycles. The summed E-state index contributed by atoms with van der Waals surface area (Å²) in [5.41, 5.74) is -0.948. The number of nitrogens with one attached hydrogen (secondary N) is 1. The third-order valence-electron chi connectivity index (χ3n) is 4.39. The molecule has 124 valence electrons. The number of carbonyl (C=O) groups excluding carboxylic acids is 3. The molecule has 23 heavy (non-hydrogen) atoms. The third kappa shape index (κ3) is 2.93. The maximum atomic E-state index is 12.5. The van der Waals surface area contributed by atoms with Crippen LogP contribution in [0.15, 0.2) is 18.5 Å². The molecule has 1 atom stereocenters. The van der Waals surface area contributed by atoms with Gasteiger partial charge >= 0.3 is 6.03 Å². The second-order valence-electron chi connectivity index (χ2n) is 6.57. The van der Waals surface area contributed by atoms with Crippen LogP contribution in [0, 0.1) is 0 Å². The summed E-state index contributed by atoms with van der Waals surface area (Å²) in [6.45, 7) is 4.25. The van der Waals surface area contributed by atoms with Crippen LogP contribution in [0.25, 0.3) is 0 Å². The molecule has 3 heterocycles. The van der Waals surface area contributed by atoms with E-state index in [4.69, 9.17) is 0 Å². The predicted octanol–water partition coefficient (Wildman–Crippen LogP) is 0.377. The van der Waals surface area contributed by atoms with Gasteiger partial charge < -0.3 is 10.2 Å². The van der Waals surface area contributed by atoms with Crippen molar-refractivity contribution in [3.05, 3.63) is 18.5 Å². The van der Waals surface area contributed by atoms with Crippen molar-refractivity contribution in [3.63, 3.8) is 0 Å². The van der Waals surface area contributed by atoms with Gasteiger partial charge in [-0.05, 0) is 32.8 Å². The van der Waals surface area contributed by atoms with E-state index in [0.717, 1.165) is 17.7 Å². The van der Waals surface area contributed by atoms with Gasteiger partial charge in [0.1, 0.15) is 12.1 Å². The first-order valence-corrected chi connectivity index (χ1v) is 7.79. The molecule has 3 rings (SSSR count). The number of urea groups is 1. The van der Waals surface area contributed by atoms with Crippen molar-refractivity contribution in [2.75, 3.05) is 19.6 Å². The van der Waals surface area contributed by atoms with Crippen LogP contribution >= 0.6 is 0 Å². The minimum Gasteiger partial charge on any atom is -0.339 e. The molecule has 1 unspecified atom stereocenters. The number of aromatic nitrogens is 2. The zero-order valence-corrected chi connectivity index (χ0v) is 13.4. The van der Waals surface area contributed by atoms with Crippen LogP contribution in [0.3, 0.4) is 0 Å². The summed E-state index contributed by atoms with van der Waals surface area (Å²) in [6.07, 6.45) is 5.44. The predicted molar refractivity (Wildman–Crippen MR) is 81.4 cm³/mol. The summed E-state index contributed by atoms with van der Waals surface area (Å²) >= 11 is 0. The molecule has 0 spiro atoms. The Balaban J connectivity index is 1.64. The van der Waals surface area contributed by atoms with Gasteiger partial charge in [-0.15, -0.1) is 0 Å². The van der Waals surface area contributed by atoms with Gasteiger partial charge in [0.25, 0.3) is 5.91 Å². The zero-order chi connectivity index (χ0) is 16.6. The summed E-state index contributed by atoms with van der Waals surface area (Å²) in [5, 5.41) is 6.82. The maximum Gasteiger partial charge on any atom is 0.325 e. The first-order valence-electron chi connectivity index (χ1n) is 7.79. The van der Waals surface area contributed by atoms with Crippen LogP contribution in [0.1, 0.15) is 32.7 Å². The molecule has 0 aromatic carbocycles. The highest BCUT2D eigenvalue weighted by Gasteiger charge is 2.45. The third-order valence-corrected chi connectivity index (χ3v) is 4.39. The fourth-order valence-corrected chi connectivity index (χ4v) is 3.09. The summed E-state index contributed by atoms with van der Waals surface area (Å²) in [5.74, 6) is -0.570. The molecule has 0 radical (unpaired) electrons. The maximum absolute atomic E-state index is 12.5. The van der Waals surface area contributed by atoms with E-state index >= 15 is 0 Å². The SMILES string of the molecule is CC1(C)NC(=O)N(CC(=O)N2CCCC(n3cccn3)C2)C1=O. The van der Waals surface area contributed by atoms with Crippen LogP contribution in [0.2, 0.25) is 0 Å². The van der Waals surface area contributed by atoms with E-state index in [1.165, 1.54) is 0 Å². The van der Waals surface area contributed by atoms with E-state index in [9.17, 15) is 14.4 Å². The molecule has 8 heteroatoms. The lowest BCUT2D eigenvalue weighted by molar-refractivity contribution is -0.139. The summed E-state index contributed by atoms with van der Waals surface area (Å²) in [6, 6.07) is 1.49. The van der Waals surface area contributed by atoms with Crippen molar-refractivity contribution in [1.29, 1.82) is 0 Å². The molecule has 0 aliphatic carbocycles. The highest BCUT2D eigenvalue weighted by Crippen LogP contribution is 2.22. The minimum absolute atomic E-state index is 0.141. The Hall–Kier alpha value is -2.38. The lowest BCUT2D eigenvalue weighted by atomic mass is 10.1. The van der Waals surface area contributed by atoms with Crippen LogP contribution in [-0.2, 0) is 9.59 Å². The van der Waals surface area contributed by atoms with Crippen LogP contribution in [0.4, 0.5) is 4.79 Å². The Morgan fingerprint density at radius 2 is 2.22 bits per heavy atom. The average Bonchev–Trinajstić information content (AvgIpc) is 3.11. The van der Waals surface area contributed by atoms with Crippen LogP contribution in [-0.4, -0.2) is 62.6 Å². The molecule has 1 N–H and O–H groups in total. The number of rotatable bonds is 3. The highest BCUT2D eigenvalue weighted by molar-refractivity contribution is 6.08. The van der Waals surface area contributed by atoms with Gasteiger partial charge in [-0.25, -0.2) is 4.79 Å².